The van der Waals surface area contributed by atoms with Crippen molar-refractivity contribution in [3.05, 3.63) is 57.0 Å². The number of nitrogens with one attached hydrogen (secondary N) is 1. The number of rotatable bonds is 2. The van der Waals surface area contributed by atoms with Crippen molar-refractivity contribution in [2.75, 3.05) is 5.32 Å². The van der Waals surface area contributed by atoms with Crippen molar-refractivity contribution in [3.63, 3.8) is 0 Å². The Balaban J connectivity index is 2.32. The highest BCUT2D eigenvalue weighted by atomic mass is 79.9. The van der Waals surface area contributed by atoms with Crippen LogP contribution < -0.4 is 5.32 Å². The molecule has 0 aliphatic carbocycles. The van der Waals surface area contributed by atoms with Crippen LogP contribution in [0.4, 0.5) is 11.4 Å². The maximum Gasteiger partial charge on any atom is 0.0994 e. The number of nitriles is 1. The van der Waals surface area contributed by atoms with Crippen molar-refractivity contribution in [2.45, 2.75) is 6.92 Å². The molecule has 0 amide bonds. The minimum atomic E-state index is 0.658. The summed E-state index contributed by atoms with van der Waals surface area (Å²) < 4.78 is 0.827. The molecule has 0 aromatic heterocycles. The van der Waals surface area contributed by atoms with Gasteiger partial charge < -0.3 is 5.32 Å². The molecule has 2 rings (SSSR count). The molecule has 1 N–H and O–H groups in total. The zero-order valence-electron chi connectivity index (χ0n) is 9.67. The van der Waals surface area contributed by atoms with Gasteiger partial charge in [-0.25, -0.2) is 0 Å². The molecule has 2 aromatic rings. The van der Waals surface area contributed by atoms with Crippen molar-refractivity contribution in [3.8, 4) is 6.07 Å². The van der Waals surface area contributed by atoms with E-state index in [9.17, 15) is 0 Å². The first kappa shape index (κ1) is 12.9. The second kappa shape index (κ2) is 5.43. The van der Waals surface area contributed by atoms with Gasteiger partial charge in [-0.15, -0.1) is 0 Å². The highest BCUT2D eigenvalue weighted by molar-refractivity contribution is 9.10. The number of aryl methyl sites for hydroxylation is 1. The van der Waals surface area contributed by atoms with Gasteiger partial charge in [0.1, 0.15) is 0 Å². The van der Waals surface area contributed by atoms with E-state index >= 15 is 0 Å². The summed E-state index contributed by atoms with van der Waals surface area (Å²) in [7, 11) is 0. The van der Waals surface area contributed by atoms with Gasteiger partial charge >= 0.3 is 0 Å². The number of anilines is 2. The van der Waals surface area contributed by atoms with Crippen LogP contribution in [0.15, 0.2) is 40.9 Å². The van der Waals surface area contributed by atoms with Gasteiger partial charge in [0.05, 0.1) is 26.8 Å². The third kappa shape index (κ3) is 2.66. The van der Waals surface area contributed by atoms with Crippen LogP contribution >= 0.6 is 27.5 Å². The Labute approximate surface area is 119 Å². The fourth-order valence-electron chi connectivity index (χ4n) is 1.62. The SMILES string of the molecule is Cc1cc(Nc2cccc(Cl)c2Br)ccc1C#N. The summed E-state index contributed by atoms with van der Waals surface area (Å²) >= 11 is 9.47. The Morgan fingerprint density at radius 1 is 1.28 bits per heavy atom. The monoisotopic (exact) mass is 320 g/mol. The molecule has 90 valence electrons. The number of nitrogens with zero attached hydrogens (tertiary/aromatic N) is 1. The molecule has 2 aromatic carbocycles. The van der Waals surface area contributed by atoms with E-state index in [1.54, 1.807) is 6.07 Å². The normalized spacial score (nSPS) is 9.89. The average Bonchev–Trinajstić information content (AvgIpc) is 2.35. The zero-order valence-corrected chi connectivity index (χ0v) is 12.0. The maximum absolute atomic E-state index is 8.88. The van der Waals surface area contributed by atoms with E-state index in [-0.39, 0.29) is 0 Å². The number of halogens is 2. The Hall–Kier alpha value is -1.50. The van der Waals surface area contributed by atoms with E-state index in [1.165, 1.54) is 0 Å². The van der Waals surface area contributed by atoms with E-state index in [0.717, 1.165) is 21.4 Å². The van der Waals surface area contributed by atoms with Crippen molar-refractivity contribution in [1.82, 2.24) is 0 Å². The zero-order chi connectivity index (χ0) is 13.1. The fourth-order valence-corrected chi connectivity index (χ4v) is 2.16. The Bertz CT molecular complexity index is 632. The van der Waals surface area contributed by atoms with Crippen LogP contribution in [-0.2, 0) is 0 Å². The first-order chi connectivity index (χ1) is 8.61. The lowest BCUT2D eigenvalue weighted by Gasteiger charge is -2.10. The standard InChI is InChI=1S/C14H10BrClN2/c1-9-7-11(6-5-10(9)8-17)18-13-4-2-3-12(16)14(13)15/h2-7,18H,1H3. The lowest BCUT2D eigenvalue weighted by Crippen LogP contribution is -1.93. The molecule has 18 heavy (non-hydrogen) atoms. The number of hydrogen-bond acceptors (Lipinski definition) is 2. The van der Waals surface area contributed by atoms with E-state index in [2.05, 4.69) is 27.3 Å². The van der Waals surface area contributed by atoms with Crippen LogP contribution in [-0.4, -0.2) is 0 Å². The van der Waals surface area contributed by atoms with Gasteiger partial charge in [0.2, 0.25) is 0 Å². The average molecular weight is 322 g/mol. The largest absolute Gasteiger partial charge is 0.355 e. The predicted octanol–water partition coefficient (Wildman–Crippen LogP) is 5.03. The quantitative estimate of drug-likeness (QED) is 0.842. The van der Waals surface area contributed by atoms with Gasteiger partial charge in [0.25, 0.3) is 0 Å². The van der Waals surface area contributed by atoms with Crippen LogP contribution in [0.3, 0.4) is 0 Å². The highest BCUT2D eigenvalue weighted by Crippen LogP contribution is 2.32. The topological polar surface area (TPSA) is 35.8 Å². The summed E-state index contributed by atoms with van der Waals surface area (Å²) in [5.74, 6) is 0. The summed E-state index contributed by atoms with van der Waals surface area (Å²) in [6.07, 6.45) is 0. The molecule has 0 radical (unpaired) electrons. The molecule has 0 aliphatic heterocycles. The molecule has 4 heteroatoms. The van der Waals surface area contributed by atoms with Crippen LogP contribution in [0, 0.1) is 18.3 Å². The van der Waals surface area contributed by atoms with E-state index < -0.39 is 0 Å². The lowest BCUT2D eigenvalue weighted by atomic mass is 10.1. The van der Waals surface area contributed by atoms with Crippen molar-refractivity contribution >= 4 is 38.9 Å². The van der Waals surface area contributed by atoms with E-state index in [4.69, 9.17) is 16.9 Å². The smallest absolute Gasteiger partial charge is 0.0994 e. The third-order valence-electron chi connectivity index (χ3n) is 2.58. The van der Waals surface area contributed by atoms with Gasteiger partial charge in [-0.05, 0) is 58.7 Å². The second-order valence-corrected chi connectivity index (χ2v) is 5.07. The van der Waals surface area contributed by atoms with Gasteiger partial charge in [0, 0.05) is 5.69 Å². The molecule has 0 heterocycles. The predicted molar refractivity (Wildman–Crippen MR) is 78.3 cm³/mol. The Kier molecular flexibility index (Phi) is 3.90. The molecular weight excluding hydrogens is 312 g/mol. The molecular formula is C14H10BrClN2. The summed E-state index contributed by atoms with van der Waals surface area (Å²) in [6.45, 7) is 1.91. The minimum Gasteiger partial charge on any atom is -0.355 e. The van der Waals surface area contributed by atoms with Crippen LogP contribution in [0.5, 0.6) is 0 Å². The Morgan fingerprint density at radius 3 is 2.72 bits per heavy atom. The molecule has 0 spiro atoms. The van der Waals surface area contributed by atoms with Gasteiger partial charge in [-0.1, -0.05) is 17.7 Å². The van der Waals surface area contributed by atoms with Crippen LogP contribution in [0.2, 0.25) is 5.02 Å². The molecule has 0 unspecified atom stereocenters. The van der Waals surface area contributed by atoms with Crippen molar-refractivity contribution < 1.29 is 0 Å². The number of hydrogen-bond donors (Lipinski definition) is 1. The van der Waals surface area contributed by atoms with Gasteiger partial charge in [0.15, 0.2) is 0 Å². The third-order valence-corrected chi connectivity index (χ3v) is 3.98. The molecule has 0 fully saturated rings. The molecule has 0 aliphatic rings. The molecule has 0 atom stereocenters. The Morgan fingerprint density at radius 2 is 2.06 bits per heavy atom. The highest BCUT2D eigenvalue weighted by Gasteiger charge is 2.05. The van der Waals surface area contributed by atoms with Crippen molar-refractivity contribution in [2.24, 2.45) is 0 Å². The van der Waals surface area contributed by atoms with E-state index in [0.29, 0.717) is 10.6 Å². The first-order valence-electron chi connectivity index (χ1n) is 5.33. The summed E-state index contributed by atoms with van der Waals surface area (Å²) in [6, 6.07) is 13.4. The minimum absolute atomic E-state index is 0.658. The maximum atomic E-state index is 8.88. The van der Waals surface area contributed by atoms with Crippen LogP contribution in [0.25, 0.3) is 0 Å². The van der Waals surface area contributed by atoms with Crippen molar-refractivity contribution in [1.29, 1.82) is 5.26 Å². The molecule has 0 saturated carbocycles. The molecule has 0 saturated heterocycles. The van der Waals surface area contributed by atoms with E-state index in [1.807, 2.05) is 37.3 Å². The first-order valence-corrected chi connectivity index (χ1v) is 6.50. The van der Waals surface area contributed by atoms with Gasteiger partial charge in [-0.2, -0.15) is 5.26 Å². The summed E-state index contributed by atoms with van der Waals surface area (Å²) in [5, 5.41) is 12.8. The molecule has 2 nitrogen and oxygen atoms in total. The number of benzene rings is 2. The summed E-state index contributed by atoms with van der Waals surface area (Å²) in [5.41, 5.74) is 3.45. The second-order valence-electron chi connectivity index (χ2n) is 3.87. The van der Waals surface area contributed by atoms with Crippen LogP contribution in [0.1, 0.15) is 11.1 Å². The fraction of sp³-hybridized carbons (Fsp3) is 0.0714. The van der Waals surface area contributed by atoms with Gasteiger partial charge in [-0.3, -0.25) is 0 Å². The summed E-state index contributed by atoms with van der Waals surface area (Å²) in [4.78, 5) is 0. The molecule has 0 bridgehead atoms. The lowest BCUT2D eigenvalue weighted by molar-refractivity contribution is 1.38.